The van der Waals surface area contributed by atoms with E-state index in [1.54, 1.807) is 12.1 Å². The fourth-order valence-corrected chi connectivity index (χ4v) is 2.67. The zero-order valence-corrected chi connectivity index (χ0v) is 14.4. The van der Waals surface area contributed by atoms with Gasteiger partial charge in [-0.15, -0.1) is 0 Å². The molecule has 1 fully saturated rings. The fourth-order valence-electron chi connectivity index (χ4n) is 2.67. The number of carbonyl (C=O) groups is 1. The van der Waals surface area contributed by atoms with E-state index >= 15 is 0 Å². The van der Waals surface area contributed by atoms with Gasteiger partial charge in [0.1, 0.15) is 12.4 Å². The highest BCUT2D eigenvalue weighted by Gasteiger charge is 2.22. The Kier molecular flexibility index (Phi) is 5.53. The van der Waals surface area contributed by atoms with Crippen LogP contribution in [0.2, 0.25) is 0 Å². The van der Waals surface area contributed by atoms with Crippen molar-refractivity contribution >= 4 is 22.8 Å². The Balaban J connectivity index is 1.53. The van der Waals surface area contributed by atoms with Crippen molar-refractivity contribution in [3.63, 3.8) is 0 Å². The average molecular weight is 345 g/mol. The summed E-state index contributed by atoms with van der Waals surface area (Å²) in [6.45, 7) is 3.45. The number of hydrogen-bond acceptors (Lipinski definition) is 2. The standard InChI is InChI=1S/C18H24FN5O/c1-2-20-18(23-11-17(25)24-14-4-5-14)21-8-7-12-10-22-16-6-3-13(19)9-15(12)16/h3,6,9-10,14,22H,2,4-5,7-8,11H2,1H3,(H,24,25)(H2,20,21,23). The molecule has 1 amide bonds. The van der Waals surface area contributed by atoms with Gasteiger partial charge in [-0.1, -0.05) is 0 Å². The van der Waals surface area contributed by atoms with Crippen molar-refractivity contribution in [1.82, 2.24) is 20.9 Å². The third kappa shape index (κ3) is 4.95. The van der Waals surface area contributed by atoms with E-state index < -0.39 is 0 Å². The van der Waals surface area contributed by atoms with Gasteiger partial charge in [-0.3, -0.25) is 4.79 Å². The van der Waals surface area contributed by atoms with Gasteiger partial charge in [0.15, 0.2) is 5.96 Å². The number of carbonyl (C=O) groups excluding carboxylic acids is 1. The van der Waals surface area contributed by atoms with Crippen molar-refractivity contribution in [3.05, 3.63) is 35.8 Å². The van der Waals surface area contributed by atoms with Crippen LogP contribution in [-0.4, -0.2) is 42.5 Å². The van der Waals surface area contributed by atoms with Gasteiger partial charge in [0.25, 0.3) is 0 Å². The predicted molar refractivity (Wildman–Crippen MR) is 97.1 cm³/mol. The first-order chi connectivity index (χ1) is 12.2. The smallest absolute Gasteiger partial charge is 0.242 e. The van der Waals surface area contributed by atoms with Crippen LogP contribution in [0.3, 0.4) is 0 Å². The number of aliphatic imine (C=N–C) groups is 1. The van der Waals surface area contributed by atoms with Crippen LogP contribution < -0.4 is 16.0 Å². The number of benzene rings is 1. The van der Waals surface area contributed by atoms with Crippen molar-refractivity contribution in [2.75, 3.05) is 19.6 Å². The quantitative estimate of drug-likeness (QED) is 0.455. The number of guanidine groups is 1. The summed E-state index contributed by atoms with van der Waals surface area (Å²) in [5, 5.41) is 10.1. The molecule has 0 aliphatic heterocycles. The summed E-state index contributed by atoms with van der Waals surface area (Å²) >= 11 is 0. The molecule has 1 aliphatic carbocycles. The number of H-pyrrole nitrogens is 1. The summed E-state index contributed by atoms with van der Waals surface area (Å²) in [6, 6.07) is 5.08. The molecule has 4 N–H and O–H groups in total. The van der Waals surface area contributed by atoms with Gasteiger partial charge in [-0.05, 0) is 49.9 Å². The Morgan fingerprint density at radius 2 is 2.20 bits per heavy atom. The summed E-state index contributed by atoms with van der Waals surface area (Å²) in [6.07, 6.45) is 4.76. The lowest BCUT2D eigenvalue weighted by atomic mass is 10.1. The summed E-state index contributed by atoms with van der Waals surface area (Å²) in [7, 11) is 0. The number of rotatable bonds is 7. The Morgan fingerprint density at radius 1 is 1.36 bits per heavy atom. The Labute approximate surface area is 146 Å². The largest absolute Gasteiger partial charge is 0.361 e. The average Bonchev–Trinajstić information content (AvgIpc) is 3.32. The molecule has 6 nitrogen and oxygen atoms in total. The van der Waals surface area contributed by atoms with Gasteiger partial charge < -0.3 is 20.9 Å². The third-order valence-corrected chi connectivity index (χ3v) is 4.08. The number of nitrogens with one attached hydrogen (secondary N) is 4. The van der Waals surface area contributed by atoms with Crippen LogP contribution in [0.15, 0.2) is 29.4 Å². The van der Waals surface area contributed by atoms with Crippen molar-refractivity contribution < 1.29 is 9.18 Å². The number of amides is 1. The summed E-state index contributed by atoms with van der Waals surface area (Å²) in [4.78, 5) is 19.2. The van der Waals surface area contributed by atoms with Crippen molar-refractivity contribution in [2.24, 2.45) is 4.99 Å². The maximum atomic E-state index is 13.4. The van der Waals surface area contributed by atoms with Gasteiger partial charge in [0.2, 0.25) is 5.91 Å². The molecule has 0 unspecified atom stereocenters. The summed E-state index contributed by atoms with van der Waals surface area (Å²) in [5.74, 6) is 0.323. The molecule has 0 saturated heterocycles. The molecular formula is C18H24FN5O. The topological polar surface area (TPSA) is 81.3 Å². The second kappa shape index (κ2) is 8.00. The molecule has 134 valence electrons. The molecule has 2 aromatic rings. The summed E-state index contributed by atoms with van der Waals surface area (Å²) < 4.78 is 13.4. The SMILES string of the molecule is CCNC(=NCC(=O)NC1CC1)NCCc1c[nH]c2ccc(F)cc12. The molecule has 1 aliphatic rings. The van der Waals surface area contributed by atoms with Gasteiger partial charge in [0, 0.05) is 36.2 Å². The van der Waals surface area contributed by atoms with Crippen molar-refractivity contribution in [3.8, 4) is 0 Å². The first-order valence-corrected chi connectivity index (χ1v) is 8.72. The fraction of sp³-hybridized carbons (Fsp3) is 0.444. The lowest BCUT2D eigenvalue weighted by Gasteiger charge is -2.11. The van der Waals surface area contributed by atoms with Crippen molar-refractivity contribution in [1.29, 1.82) is 0 Å². The van der Waals surface area contributed by atoms with Crippen LogP contribution in [-0.2, 0) is 11.2 Å². The van der Waals surface area contributed by atoms with Gasteiger partial charge in [0.05, 0.1) is 0 Å². The van der Waals surface area contributed by atoms with E-state index in [4.69, 9.17) is 0 Å². The molecule has 3 rings (SSSR count). The van der Waals surface area contributed by atoms with Gasteiger partial charge in [-0.25, -0.2) is 9.38 Å². The first-order valence-electron chi connectivity index (χ1n) is 8.72. The van der Waals surface area contributed by atoms with E-state index in [1.807, 2.05) is 13.1 Å². The molecule has 1 aromatic carbocycles. The predicted octanol–water partition coefficient (Wildman–Crippen LogP) is 1.68. The number of halogens is 1. The molecule has 7 heteroatoms. The van der Waals surface area contributed by atoms with E-state index in [0.29, 0.717) is 25.1 Å². The van der Waals surface area contributed by atoms with Crippen LogP contribution in [0.5, 0.6) is 0 Å². The second-order valence-electron chi connectivity index (χ2n) is 6.22. The Hall–Kier alpha value is -2.57. The molecule has 0 bridgehead atoms. The molecular weight excluding hydrogens is 321 g/mol. The molecule has 1 aromatic heterocycles. The van der Waals surface area contributed by atoms with Crippen LogP contribution in [0.1, 0.15) is 25.3 Å². The molecule has 0 radical (unpaired) electrons. The lowest BCUT2D eigenvalue weighted by Crippen LogP contribution is -2.39. The van der Waals surface area contributed by atoms with Crippen molar-refractivity contribution in [2.45, 2.75) is 32.2 Å². The van der Waals surface area contributed by atoms with E-state index in [0.717, 1.165) is 35.7 Å². The first kappa shape index (κ1) is 17.3. The number of nitrogens with zero attached hydrogens (tertiary/aromatic N) is 1. The monoisotopic (exact) mass is 345 g/mol. The zero-order valence-electron chi connectivity index (χ0n) is 14.4. The minimum atomic E-state index is -0.238. The second-order valence-corrected chi connectivity index (χ2v) is 6.22. The maximum Gasteiger partial charge on any atom is 0.242 e. The molecule has 25 heavy (non-hydrogen) atoms. The van der Waals surface area contributed by atoms with E-state index in [2.05, 4.69) is 25.9 Å². The number of fused-ring (bicyclic) bond motifs is 1. The maximum absolute atomic E-state index is 13.4. The Bertz CT molecular complexity index is 766. The number of hydrogen-bond donors (Lipinski definition) is 4. The van der Waals surface area contributed by atoms with Crippen LogP contribution in [0.4, 0.5) is 4.39 Å². The molecule has 1 heterocycles. The van der Waals surface area contributed by atoms with E-state index in [9.17, 15) is 9.18 Å². The third-order valence-electron chi connectivity index (χ3n) is 4.08. The molecule has 0 spiro atoms. The Morgan fingerprint density at radius 3 is 2.96 bits per heavy atom. The summed E-state index contributed by atoms with van der Waals surface area (Å²) in [5.41, 5.74) is 1.97. The normalized spacial score (nSPS) is 14.6. The van der Waals surface area contributed by atoms with Crippen LogP contribution >= 0.6 is 0 Å². The van der Waals surface area contributed by atoms with E-state index in [1.165, 1.54) is 6.07 Å². The van der Waals surface area contributed by atoms with Gasteiger partial charge in [-0.2, -0.15) is 0 Å². The number of aromatic amines is 1. The highest BCUT2D eigenvalue weighted by atomic mass is 19.1. The zero-order chi connectivity index (χ0) is 17.6. The van der Waals surface area contributed by atoms with Crippen LogP contribution in [0.25, 0.3) is 10.9 Å². The molecule has 0 atom stereocenters. The molecule has 1 saturated carbocycles. The number of aromatic nitrogens is 1. The minimum Gasteiger partial charge on any atom is -0.361 e. The van der Waals surface area contributed by atoms with Gasteiger partial charge >= 0.3 is 0 Å². The highest BCUT2D eigenvalue weighted by molar-refractivity contribution is 5.85. The highest BCUT2D eigenvalue weighted by Crippen LogP contribution is 2.19. The lowest BCUT2D eigenvalue weighted by molar-refractivity contribution is -0.119. The van der Waals surface area contributed by atoms with Crippen LogP contribution in [0, 0.1) is 5.82 Å². The minimum absolute atomic E-state index is 0.0493. The van der Waals surface area contributed by atoms with E-state index in [-0.39, 0.29) is 18.3 Å².